The highest BCUT2D eigenvalue weighted by Gasteiger charge is 2.37. The number of alkyl halides is 3. The number of carbonyl (C=O) groups excluding carboxylic acids is 1. The van der Waals surface area contributed by atoms with Crippen molar-refractivity contribution in [1.82, 2.24) is 19.5 Å². The van der Waals surface area contributed by atoms with Crippen LogP contribution >= 0.6 is 0 Å². The van der Waals surface area contributed by atoms with Crippen molar-refractivity contribution in [3.05, 3.63) is 76.3 Å². The first-order valence-corrected chi connectivity index (χ1v) is 10.5. The Morgan fingerprint density at radius 2 is 1.80 bits per heavy atom. The molecule has 1 fully saturated rings. The summed E-state index contributed by atoms with van der Waals surface area (Å²) in [6, 6.07) is 9.93. The molecule has 0 spiro atoms. The molecule has 1 aliphatic rings. The summed E-state index contributed by atoms with van der Waals surface area (Å²) in [7, 11) is 0. The van der Waals surface area contributed by atoms with Crippen molar-refractivity contribution in [2.75, 3.05) is 31.1 Å². The minimum atomic E-state index is -4.73. The lowest BCUT2D eigenvalue weighted by atomic mass is 10.2. The van der Waals surface area contributed by atoms with Gasteiger partial charge in [0.15, 0.2) is 17.1 Å². The second-order valence-corrected chi connectivity index (χ2v) is 7.85. The van der Waals surface area contributed by atoms with Gasteiger partial charge in [-0.1, -0.05) is 0 Å². The standard InChI is InChI=1S/C22H17F3N6O4/c23-22(24,25)19-12-17(18-2-1-11-35-18)27-20-16(13-26-30(19)20)21(32)29-9-7-28(8-10-29)14-3-5-15(6-4-14)31(33)34/h1-6,11-13H,7-10H2. The molecule has 5 rings (SSSR count). The summed E-state index contributed by atoms with van der Waals surface area (Å²) < 4.78 is 47.0. The number of rotatable bonds is 4. The summed E-state index contributed by atoms with van der Waals surface area (Å²) >= 11 is 0. The molecule has 4 aromatic rings. The van der Waals surface area contributed by atoms with Gasteiger partial charge >= 0.3 is 6.18 Å². The fourth-order valence-electron chi connectivity index (χ4n) is 3.99. The van der Waals surface area contributed by atoms with Crippen LogP contribution in [0.15, 0.2) is 59.3 Å². The first-order valence-electron chi connectivity index (χ1n) is 10.5. The maximum absolute atomic E-state index is 13.7. The van der Waals surface area contributed by atoms with Gasteiger partial charge in [0.05, 0.1) is 17.4 Å². The normalized spacial score (nSPS) is 14.5. The zero-order chi connectivity index (χ0) is 24.7. The molecule has 0 aliphatic carbocycles. The molecule has 1 amide bonds. The zero-order valence-electron chi connectivity index (χ0n) is 18.0. The maximum Gasteiger partial charge on any atom is 0.433 e. The number of halogens is 3. The minimum absolute atomic E-state index is 0.0182. The van der Waals surface area contributed by atoms with Crippen LogP contribution in [0.5, 0.6) is 0 Å². The first kappa shape index (κ1) is 22.4. The number of benzene rings is 1. The van der Waals surface area contributed by atoms with E-state index in [2.05, 4.69) is 10.1 Å². The summed E-state index contributed by atoms with van der Waals surface area (Å²) in [5, 5.41) is 14.6. The number of piperazine rings is 1. The van der Waals surface area contributed by atoms with E-state index in [1.807, 2.05) is 4.90 Å². The average molecular weight is 486 g/mol. The van der Waals surface area contributed by atoms with Crippen molar-refractivity contribution in [1.29, 1.82) is 0 Å². The highest BCUT2D eigenvalue weighted by atomic mass is 19.4. The van der Waals surface area contributed by atoms with Gasteiger partial charge < -0.3 is 14.2 Å². The minimum Gasteiger partial charge on any atom is -0.463 e. The van der Waals surface area contributed by atoms with Gasteiger partial charge in [-0.3, -0.25) is 14.9 Å². The Balaban J connectivity index is 1.40. The van der Waals surface area contributed by atoms with E-state index < -0.39 is 22.7 Å². The number of carbonyl (C=O) groups is 1. The molecule has 10 nitrogen and oxygen atoms in total. The molecular formula is C22H17F3N6O4. The lowest BCUT2D eigenvalue weighted by Crippen LogP contribution is -2.48. The molecule has 0 N–H and O–H groups in total. The van der Waals surface area contributed by atoms with Gasteiger partial charge in [-0.2, -0.15) is 18.3 Å². The van der Waals surface area contributed by atoms with Crippen molar-refractivity contribution in [3.63, 3.8) is 0 Å². The molecule has 13 heteroatoms. The Morgan fingerprint density at radius 1 is 1.09 bits per heavy atom. The van der Waals surface area contributed by atoms with Crippen LogP contribution in [0.2, 0.25) is 0 Å². The van der Waals surface area contributed by atoms with E-state index in [-0.39, 0.29) is 28.4 Å². The predicted molar refractivity (Wildman–Crippen MR) is 117 cm³/mol. The SMILES string of the molecule is O=C(c1cnn2c(C(F)(F)F)cc(-c3ccco3)nc12)N1CCN(c2ccc([N+](=O)[O-])cc2)CC1. The van der Waals surface area contributed by atoms with Crippen LogP contribution in [0.3, 0.4) is 0 Å². The summed E-state index contributed by atoms with van der Waals surface area (Å²) in [6.45, 7) is 1.50. The third-order valence-electron chi connectivity index (χ3n) is 5.76. The van der Waals surface area contributed by atoms with Gasteiger partial charge in [0.1, 0.15) is 11.3 Å². The Hall–Kier alpha value is -4.42. The van der Waals surface area contributed by atoms with Crippen LogP contribution in [-0.4, -0.2) is 56.5 Å². The van der Waals surface area contributed by atoms with Gasteiger partial charge in [0.25, 0.3) is 11.6 Å². The molecule has 0 bridgehead atoms. The number of amides is 1. The smallest absolute Gasteiger partial charge is 0.433 e. The molecule has 3 aromatic heterocycles. The average Bonchev–Trinajstić information content (AvgIpc) is 3.53. The Bertz CT molecular complexity index is 1390. The second-order valence-electron chi connectivity index (χ2n) is 7.85. The third-order valence-corrected chi connectivity index (χ3v) is 5.76. The zero-order valence-corrected chi connectivity index (χ0v) is 18.0. The quantitative estimate of drug-likeness (QED) is 0.318. The van der Waals surface area contributed by atoms with Crippen molar-refractivity contribution in [2.24, 2.45) is 0 Å². The van der Waals surface area contributed by atoms with Crippen LogP contribution in [0, 0.1) is 10.1 Å². The van der Waals surface area contributed by atoms with Crippen LogP contribution in [0.25, 0.3) is 17.1 Å². The molecule has 0 unspecified atom stereocenters. The van der Waals surface area contributed by atoms with E-state index in [4.69, 9.17) is 4.42 Å². The van der Waals surface area contributed by atoms with Gasteiger partial charge in [0, 0.05) is 44.0 Å². The molecule has 0 radical (unpaired) electrons. The van der Waals surface area contributed by atoms with Gasteiger partial charge in [-0.05, 0) is 30.3 Å². The number of hydrogen-bond acceptors (Lipinski definition) is 7. The number of non-ortho nitro benzene ring substituents is 1. The van der Waals surface area contributed by atoms with Gasteiger partial charge in [-0.15, -0.1) is 0 Å². The topological polar surface area (TPSA) is 110 Å². The first-order chi connectivity index (χ1) is 16.7. The number of nitro groups is 1. The van der Waals surface area contributed by atoms with Gasteiger partial charge in [-0.25, -0.2) is 9.50 Å². The van der Waals surface area contributed by atoms with Crippen molar-refractivity contribution < 1.29 is 27.3 Å². The number of hydrogen-bond donors (Lipinski definition) is 0. The van der Waals surface area contributed by atoms with Crippen LogP contribution < -0.4 is 4.90 Å². The molecule has 1 aliphatic heterocycles. The van der Waals surface area contributed by atoms with E-state index in [0.717, 1.165) is 18.0 Å². The molecule has 0 saturated carbocycles. The molecule has 35 heavy (non-hydrogen) atoms. The summed E-state index contributed by atoms with van der Waals surface area (Å²) in [6.07, 6.45) is -2.32. The monoisotopic (exact) mass is 486 g/mol. The third kappa shape index (κ3) is 4.16. The summed E-state index contributed by atoms with van der Waals surface area (Å²) in [4.78, 5) is 31.3. The van der Waals surface area contributed by atoms with Crippen molar-refractivity contribution in [3.8, 4) is 11.5 Å². The predicted octanol–water partition coefficient (Wildman–Crippen LogP) is 3.88. The largest absolute Gasteiger partial charge is 0.463 e. The molecule has 1 saturated heterocycles. The van der Waals surface area contributed by atoms with Crippen LogP contribution in [0.1, 0.15) is 16.1 Å². The van der Waals surface area contributed by atoms with E-state index in [9.17, 15) is 28.1 Å². The number of anilines is 1. The molecule has 0 atom stereocenters. The fourth-order valence-corrected chi connectivity index (χ4v) is 3.99. The number of furan rings is 1. The Morgan fingerprint density at radius 3 is 2.40 bits per heavy atom. The summed E-state index contributed by atoms with van der Waals surface area (Å²) in [5.41, 5.74) is -0.640. The maximum atomic E-state index is 13.7. The highest BCUT2D eigenvalue weighted by molar-refractivity contribution is 6.00. The van der Waals surface area contributed by atoms with Gasteiger partial charge in [0.2, 0.25) is 0 Å². The van der Waals surface area contributed by atoms with E-state index in [1.165, 1.54) is 35.4 Å². The molecule has 1 aromatic carbocycles. The van der Waals surface area contributed by atoms with Crippen molar-refractivity contribution >= 4 is 22.9 Å². The Kier molecular flexibility index (Phi) is 5.38. The molecule has 180 valence electrons. The number of fused-ring (bicyclic) bond motifs is 1. The number of nitrogens with zero attached hydrogens (tertiary/aromatic N) is 6. The Labute approximate surface area is 195 Å². The lowest BCUT2D eigenvalue weighted by Gasteiger charge is -2.36. The summed E-state index contributed by atoms with van der Waals surface area (Å²) in [5.74, 6) is -0.352. The highest BCUT2D eigenvalue weighted by Crippen LogP contribution is 2.33. The van der Waals surface area contributed by atoms with E-state index in [1.54, 1.807) is 12.1 Å². The van der Waals surface area contributed by atoms with Crippen LogP contribution in [-0.2, 0) is 6.18 Å². The molecular weight excluding hydrogens is 469 g/mol. The fraction of sp³-hybridized carbons (Fsp3) is 0.227. The van der Waals surface area contributed by atoms with E-state index >= 15 is 0 Å². The second kappa shape index (κ2) is 8.42. The lowest BCUT2D eigenvalue weighted by molar-refractivity contribution is -0.384. The number of nitro benzene ring substituents is 1. The number of aromatic nitrogens is 3. The van der Waals surface area contributed by atoms with Crippen LogP contribution in [0.4, 0.5) is 24.5 Å². The van der Waals surface area contributed by atoms with E-state index in [0.29, 0.717) is 30.7 Å². The molecule has 4 heterocycles. The van der Waals surface area contributed by atoms with Crippen molar-refractivity contribution in [2.45, 2.75) is 6.18 Å².